The van der Waals surface area contributed by atoms with Gasteiger partial charge in [-0.3, -0.25) is 9.20 Å². The molecule has 1 aliphatic rings. The first kappa shape index (κ1) is 21.9. The standard InChI is InChI=1S/C20H34N4O2S/c1-17(2)26-15-14-24-12-9-18(10-13-24)23-20(21-3)22-11-16-27(25)19-7-5-4-6-8-19/h4-8,17-18H,9-16H2,1-3H3,(H2,21,22,23). The summed E-state index contributed by atoms with van der Waals surface area (Å²) in [6.45, 7) is 8.74. The van der Waals surface area contributed by atoms with Gasteiger partial charge in [0.1, 0.15) is 0 Å². The molecule has 1 heterocycles. The molecule has 0 spiro atoms. The van der Waals surface area contributed by atoms with Gasteiger partial charge in [0.15, 0.2) is 5.96 Å². The molecular formula is C20H34N4O2S. The van der Waals surface area contributed by atoms with Gasteiger partial charge in [-0.25, -0.2) is 0 Å². The van der Waals surface area contributed by atoms with Crippen LogP contribution < -0.4 is 10.6 Å². The fourth-order valence-corrected chi connectivity index (χ4v) is 4.04. The highest BCUT2D eigenvalue weighted by Crippen LogP contribution is 2.10. The normalized spacial score (nSPS) is 17.9. The van der Waals surface area contributed by atoms with Gasteiger partial charge in [0.2, 0.25) is 0 Å². The number of nitrogens with zero attached hydrogens (tertiary/aromatic N) is 2. The van der Waals surface area contributed by atoms with Crippen molar-refractivity contribution in [2.24, 2.45) is 4.99 Å². The third-order valence-electron chi connectivity index (χ3n) is 4.60. The van der Waals surface area contributed by atoms with Gasteiger partial charge in [0, 0.05) is 49.9 Å². The molecular weight excluding hydrogens is 360 g/mol. The molecule has 0 aromatic heterocycles. The van der Waals surface area contributed by atoms with Gasteiger partial charge in [-0.15, -0.1) is 0 Å². The van der Waals surface area contributed by atoms with E-state index in [-0.39, 0.29) is 0 Å². The molecule has 0 saturated carbocycles. The molecule has 0 aliphatic carbocycles. The van der Waals surface area contributed by atoms with Gasteiger partial charge >= 0.3 is 0 Å². The van der Waals surface area contributed by atoms with E-state index in [1.54, 1.807) is 7.05 Å². The van der Waals surface area contributed by atoms with E-state index < -0.39 is 10.8 Å². The van der Waals surface area contributed by atoms with Crippen molar-refractivity contribution in [3.05, 3.63) is 30.3 Å². The summed E-state index contributed by atoms with van der Waals surface area (Å²) in [6.07, 6.45) is 2.49. The zero-order valence-electron chi connectivity index (χ0n) is 16.8. The fourth-order valence-electron chi connectivity index (χ4n) is 3.06. The van der Waals surface area contributed by atoms with Gasteiger partial charge in [-0.1, -0.05) is 18.2 Å². The lowest BCUT2D eigenvalue weighted by Gasteiger charge is -2.33. The maximum absolute atomic E-state index is 12.3. The quantitative estimate of drug-likeness (QED) is 0.494. The Balaban J connectivity index is 1.63. The Morgan fingerprint density at radius 2 is 2.00 bits per heavy atom. The van der Waals surface area contributed by atoms with Crippen molar-refractivity contribution in [3.63, 3.8) is 0 Å². The summed E-state index contributed by atoms with van der Waals surface area (Å²) < 4.78 is 17.9. The number of hydrogen-bond donors (Lipinski definition) is 2. The summed E-state index contributed by atoms with van der Waals surface area (Å²) in [5.41, 5.74) is 0. The van der Waals surface area contributed by atoms with E-state index in [0.717, 1.165) is 49.9 Å². The van der Waals surface area contributed by atoms with E-state index in [9.17, 15) is 4.21 Å². The first-order valence-corrected chi connectivity index (χ1v) is 11.1. The van der Waals surface area contributed by atoms with E-state index >= 15 is 0 Å². The molecule has 27 heavy (non-hydrogen) atoms. The summed E-state index contributed by atoms with van der Waals surface area (Å²) in [5.74, 6) is 1.36. The van der Waals surface area contributed by atoms with Crippen LogP contribution >= 0.6 is 0 Å². The van der Waals surface area contributed by atoms with E-state index in [4.69, 9.17) is 4.74 Å². The Hall–Kier alpha value is -1.44. The van der Waals surface area contributed by atoms with Gasteiger partial charge < -0.3 is 20.3 Å². The number of benzene rings is 1. The highest BCUT2D eigenvalue weighted by atomic mass is 32.2. The molecule has 1 atom stereocenters. The van der Waals surface area contributed by atoms with Crippen molar-refractivity contribution >= 4 is 16.8 Å². The second kappa shape index (κ2) is 12.1. The van der Waals surface area contributed by atoms with Crippen LogP contribution in [-0.2, 0) is 15.5 Å². The minimum atomic E-state index is -0.984. The number of aliphatic imine (C=N–C) groups is 1. The number of hydrogen-bond acceptors (Lipinski definition) is 4. The van der Waals surface area contributed by atoms with Crippen molar-refractivity contribution < 1.29 is 8.95 Å². The van der Waals surface area contributed by atoms with E-state index in [2.05, 4.69) is 34.4 Å². The lowest BCUT2D eigenvalue weighted by Crippen LogP contribution is -2.49. The summed E-state index contributed by atoms with van der Waals surface area (Å²) in [5, 5.41) is 6.78. The Kier molecular flexibility index (Phi) is 9.80. The van der Waals surface area contributed by atoms with Gasteiger partial charge in [-0.05, 0) is 38.8 Å². The summed E-state index contributed by atoms with van der Waals surface area (Å²) in [6, 6.07) is 10.0. The minimum absolute atomic E-state index is 0.301. The molecule has 1 aromatic rings. The molecule has 1 saturated heterocycles. The lowest BCUT2D eigenvalue weighted by atomic mass is 10.1. The van der Waals surface area contributed by atoms with Crippen molar-refractivity contribution in [1.29, 1.82) is 0 Å². The molecule has 0 radical (unpaired) electrons. The Labute approximate surface area is 166 Å². The first-order chi connectivity index (χ1) is 13.1. The second-order valence-electron chi connectivity index (χ2n) is 7.04. The average molecular weight is 395 g/mol. The molecule has 1 aliphatic heterocycles. The van der Waals surface area contributed by atoms with Crippen molar-refractivity contribution in [2.75, 3.05) is 45.6 Å². The zero-order valence-corrected chi connectivity index (χ0v) is 17.6. The lowest BCUT2D eigenvalue weighted by molar-refractivity contribution is 0.0532. The predicted octanol–water partition coefficient (Wildman–Crippen LogP) is 1.85. The molecule has 6 nitrogen and oxygen atoms in total. The third kappa shape index (κ3) is 8.41. The topological polar surface area (TPSA) is 66.0 Å². The molecule has 1 aromatic carbocycles. The molecule has 7 heteroatoms. The van der Waals surface area contributed by atoms with E-state index in [1.807, 2.05) is 30.3 Å². The molecule has 2 rings (SSSR count). The molecule has 2 N–H and O–H groups in total. The maximum Gasteiger partial charge on any atom is 0.191 e. The number of rotatable bonds is 9. The number of guanidine groups is 1. The monoisotopic (exact) mass is 394 g/mol. The second-order valence-corrected chi connectivity index (χ2v) is 8.61. The molecule has 1 fully saturated rings. The predicted molar refractivity (Wildman–Crippen MR) is 113 cm³/mol. The van der Waals surface area contributed by atoms with Crippen LogP contribution in [0.2, 0.25) is 0 Å². The molecule has 0 amide bonds. The van der Waals surface area contributed by atoms with Crippen molar-refractivity contribution in [1.82, 2.24) is 15.5 Å². The van der Waals surface area contributed by atoms with Crippen LogP contribution in [0.15, 0.2) is 40.2 Å². The Morgan fingerprint density at radius 1 is 1.30 bits per heavy atom. The largest absolute Gasteiger partial charge is 0.377 e. The van der Waals surface area contributed by atoms with Crippen LogP contribution in [0, 0.1) is 0 Å². The van der Waals surface area contributed by atoms with Crippen LogP contribution in [0.25, 0.3) is 0 Å². The van der Waals surface area contributed by atoms with Crippen LogP contribution in [0.1, 0.15) is 26.7 Å². The highest BCUT2D eigenvalue weighted by Gasteiger charge is 2.19. The minimum Gasteiger partial charge on any atom is -0.377 e. The van der Waals surface area contributed by atoms with Crippen LogP contribution in [0.3, 0.4) is 0 Å². The third-order valence-corrected chi connectivity index (χ3v) is 5.97. The SMILES string of the molecule is CN=C(NCCS(=O)c1ccccc1)NC1CCN(CCOC(C)C)CC1. The highest BCUT2D eigenvalue weighted by molar-refractivity contribution is 7.85. The van der Waals surface area contributed by atoms with Crippen LogP contribution in [0.4, 0.5) is 0 Å². The number of ether oxygens (including phenoxy) is 1. The fraction of sp³-hybridized carbons (Fsp3) is 0.650. The Morgan fingerprint density at radius 3 is 2.63 bits per heavy atom. The van der Waals surface area contributed by atoms with Crippen molar-refractivity contribution in [2.45, 2.75) is 43.7 Å². The van der Waals surface area contributed by atoms with E-state index in [0.29, 0.717) is 24.4 Å². The van der Waals surface area contributed by atoms with Crippen LogP contribution in [-0.4, -0.2) is 72.8 Å². The number of nitrogens with one attached hydrogen (secondary N) is 2. The maximum atomic E-state index is 12.3. The van der Waals surface area contributed by atoms with Crippen LogP contribution in [0.5, 0.6) is 0 Å². The number of piperidine rings is 1. The summed E-state index contributed by atoms with van der Waals surface area (Å²) in [4.78, 5) is 7.63. The summed E-state index contributed by atoms with van der Waals surface area (Å²) in [7, 11) is 0.796. The Bertz CT molecular complexity index is 587. The zero-order chi connectivity index (χ0) is 19.5. The smallest absolute Gasteiger partial charge is 0.191 e. The van der Waals surface area contributed by atoms with E-state index in [1.165, 1.54) is 0 Å². The summed E-state index contributed by atoms with van der Waals surface area (Å²) >= 11 is 0. The molecule has 152 valence electrons. The average Bonchev–Trinajstić information content (AvgIpc) is 2.68. The molecule has 0 bridgehead atoms. The van der Waals surface area contributed by atoms with Gasteiger partial charge in [0.05, 0.1) is 23.5 Å². The van der Waals surface area contributed by atoms with Gasteiger partial charge in [0.25, 0.3) is 0 Å². The molecule has 1 unspecified atom stereocenters. The number of likely N-dealkylation sites (tertiary alicyclic amines) is 1. The van der Waals surface area contributed by atoms with Gasteiger partial charge in [-0.2, -0.15) is 0 Å². The first-order valence-electron chi connectivity index (χ1n) is 9.83. The van der Waals surface area contributed by atoms with Crippen molar-refractivity contribution in [3.8, 4) is 0 Å².